The Hall–Kier alpha value is -3.15. The number of carboxylic acids is 1. The summed E-state index contributed by atoms with van der Waals surface area (Å²) in [6, 6.07) is 13.5. The Morgan fingerprint density at radius 1 is 1.16 bits per heavy atom. The van der Waals surface area contributed by atoms with Crippen LogP contribution in [0.15, 0.2) is 54.6 Å². The topological polar surface area (TPSA) is 75.6 Å². The summed E-state index contributed by atoms with van der Waals surface area (Å²) in [6.45, 7) is 0.423. The number of hydrogen-bond acceptors (Lipinski definition) is 3. The van der Waals surface area contributed by atoms with Gasteiger partial charge in [-0.3, -0.25) is 4.79 Å². The predicted octanol–water partition coefficient (Wildman–Crippen LogP) is 3.39. The van der Waals surface area contributed by atoms with Crippen LogP contribution in [0.1, 0.15) is 16.7 Å². The molecule has 0 aliphatic heterocycles. The lowest BCUT2D eigenvalue weighted by atomic mass is 10.1. The lowest BCUT2D eigenvalue weighted by Crippen LogP contribution is -2.24. The first-order valence-electron chi connectivity index (χ1n) is 7.66. The monoisotopic (exact) mass is 343 g/mol. The fourth-order valence-electron chi connectivity index (χ4n) is 2.11. The van der Waals surface area contributed by atoms with Crippen molar-refractivity contribution in [1.82, 2.24) is 5.32 Å². The molecular formula is C19H18FNO4. The van der Waals surface area contributed by atoms with E-state index in [9.17, 15) is 14.0 Å². The fraction of sp³-hybridized carbons (Fsp3) is 0.158. The lowest BCUT2D eigenvalue weighted by molar-refractivity contribution is -0.136. The van der Waals surface area contributed by atoms with Gasteiger partial charge in [-0.1, -0.05) is 48.6 Å². The van der Waals surface area contributed by atoms with Gasteiger partial charge in [0.25, 0.3) is 0 Å². The summed E-state index contributed by atoms with van der Waals surface area (Å²) in [5.74, 6) is -1.65. The second-order valence-corrected chi connectivity index (χ2v) is 5.27. The highest BCUT2D eigenvalue weighted by Gasteiger charge is 2.07. The van der Waals surface area contributed by atoms with E-state index in [1.807, 2.05) is 30.3 Å². The van der Waals surface area contributed by atoms with Crippen molar-refractivity contribution in [2.45, 2.75) is 13.0 Å². The molecule has 0 bridgehead atoms. The summed E-state index contributed by atoms with van der Waals surface area (Å²) in [5.41, 5.74) is 1.66. The molecule has 0 aromatic heterocycles. The Morgan fingerprint density at radius 2 is 1.92 bits per heavy atom. The summed E-state index contributed by atoms with van der Waals surface area (Å²) in [7, 11) is 0. The number of benzene rings is 2. The maximum atomic E-state index is 13.5. The molecule has 0 spiro atoms. The Bertz CT molecular complexity index is 759. The van der Waals surface area contributed by atoms with Gasteiger partial charge in [0.2, 0.25) is 0 Å². The molecule has 2 aromatic rings. The highest BCUT2D eigenvalue weighted by atomic mass is 19.1. The summed E-state index contributed by atoms with van der Waals surface area (Å²) in [4.78, 5) is 22.3. The van der Waals surface area contributed by atoms with Crippen LogP contribution in [-0.4, -0.2) is 23.7 Å². The van der Waals surface area contributed by atoms with E-state index in [2.05, 4.69) is 5.32 Å². The Kier molecular flexibility index (Phi) is 6.71. The van der Waals surface area contributed by atoms with Crippen LogP contribution in [-0.2, 0) is 22.6 Å². The quantitative estimate of drug-likeness (QED) is 0.808. The van der Waals surface area contributed by atoms with Gasteiger partial charge >= 0.3 is 12.1 Å². The van der Waals surface area contributed by atoms with Crippen LogP contribution < -0.4 is 5.32 Å². The van der Waals surface area contributed by atoms with Crippen molar-refractivity contribution in [2.75, 3.05) is 6.54 Å². The van der Waals surface area contributed by atoms with Crippen molar-refractivity contribution >= 4 is 18.1 Å². The minimum atomic E-state index is -1.09. The maximum Gasteiger partial charge on any atom is 0.407 e. The summed E-state index contributed by atoms with van der Waals surface area (Å²) < 4.78 is 18.5. The van der Waals surface area contributed by atoms with Crippen molar-refractivity contribution < 1.29 is 23.8 Å². The van der Waals surface area contributed by atoms with Crippen LogP contribution in [0.2, 0.25) is 0 Å². The van der Waals surface area contributed by atoms with Gasteiger partial charge in [-0.15, -0.1) is 0 Å². The van der Waals surface area contributed by atoms with Gasteiger partial charge < -0.3 is 15.2 Å². The van der Waals surface area contributed by atoms with E-state index < -0.39 is 17.9 Å². The number of amides is 1. The number of aliphatic carboxylic acids is 1. The molecule has 5 nitrogen and oxygen atoms in total. The van der Waals surface area contributed by atoms with E-state index in [1.165, 1.54) is 18.2 Å². The second kappa shape index (κ2) is 9.22. The number of carboxylic acid groups (broad SMARTS) is 1. The van der Waals surface area contributed by atoms with Crippen LogP contribution in [0.4, 0.5) is 9.18 Å². The minimum Gasteiger partial charge on any atom is -0.481 e. The van der Waals surface area contributed by atoms with Gasteiger partial charge in [-0.2, -0.15) is 0 Å². The first-order chi connectivity index (χ1) is 12.0. The highest BCUT2D eigenvalue weighted by Crippen LogP contribution is 2.12. The van der Waals surface area contributed by atoms with Crippen LogP contribution in [0, 0.1) is 5.82 Å². The SMILES string of the molecule is O=C(O)Cc1cc(C=CCNC(=O)OCc2ccccc2)ccc1F. The van der Waals surface area contributed by atoms with Gasteiger partial charge in [0.15, 0.2) is 0 Å². The molecule has 2 N–H and O–H groups in total. The fourth-order valence-corrected chi connectivity index (χ4v) is 2.11. The van der Waals surface area contributed by atoms with Crippen molar-refractivity contribution in [2.24, 2.45) is 0 Å². The average molecular weight is 343 g/mol. The number of alkyl carbamates (subject to hydrolysis) is 1. The molecule has 2 aromatic carbocycles. The molecule has 0 atom stereocenters. The number of ether oxygens (including phenoxy) is 1. The number of nitrogens with one attached hydrogen (secondary N) is 1. The first kappa shape index (κ1) is 18.2. The molecule has 25 heavy (non-hydrogen) atoms. The second-order valence-electron chi connectivity index (χ2n) is 5.27. The standard InChI is InChI=1S/C19H18FNO4/c20-17-9-8-14(11-16(17)12-18(22)23)7-4-10-21-19(24)25-13-15-5-2-1-3-6-15/h1-9,11H,10,12-13H2,(H,21,24)(H,22,23). The number of rotatable bonds is 7. The third-order valence-electron chi connectivity index (χ3n) is 3.30. The normalized spacial score (nSPS) is 10.6. The van der Waals surface area contributed by atoms with E-state index in [4.69, 9.17) is 9.84 Å². The number of halogens is 1. The first-order valence-corrected chi connectivity index (χ1v) is 7.66. The lowest BCUT2D eigenvalue weighted by Gasteiger charge is -2.05. The zero-order chi connectivity index (χ0) is 18.1. The molecule has 0 saturated heterocycles. The van der Waals surface area contributed by atoms with Crippen LogP contribution in [0.25, 0.3) is 6.08 Å². The molecule has 130 valence electrons. The molecular weight excluding hydrogens is 325 g/mol. The summed E-state index contributed by atoms with van der Waals surface area (Å²) >= 11 is 0. The van der Waals surface area contributed by atoms with Gasteiger partial charge in [-0.05, 0) is 28.8 Å². The molecule has 2 rings (SSSR count). The number of hydrogen-bond donors (Lipinski definition) is 2. The van der Waals surface area contributed by atoms with Crippen LogP contribution in [0.3, 0.4) is 0 Å². The molecule has 0 fully saturated rings. The van der Waals surface area contributed by atoms with Gasteiger partial charge in [0.05, 0.1) is 6.42 Å². The highest BCUT2D eigenvalue weighted by molar-refractivity contribution is 5.71. The third-order valence-corrected chi connectivity index (χ3v) is 3.30. The minimum absolute atomic E-state index is 0.116. The Labute approximate surface area is 144 Å². The molecule has 6 heteroatoms. The van der Waals surface area contributed by atoms with Gasteiger partial charge in [-0.25, -0.2) is 9.18 Å². The smallest absolute Gasteiger partial charge is 0.407 e. The Morgan fingerprint density at radius 3 is 2.64 bits per heavy atom. The molecule has 0 unspecified atom stereocenters. The maximum absolute atomic E-state index is 13.5. The van der Waals surface area contributed by atoms with E-state index in [0.29, 0.717) is 5.56 Å². The van der Waals surface area contributed by atoms with E-state index in [1.54, 1.807) is 12.2 Å². The third kappa shape index (κ3) is 6.47. The number of carbonyl (C=O) groups is 2. The predicted molar refractivity (Wildman–Crippen MR) is 91.4 cm³/mol. The largest absolute Gasteiger partial charge is 0.481 e. The molecule has 0 heterocycles. The molecule has 0 saturated carbocycles. The van der Waals surface area contributed by atoms with Gasteiger partial charge in [0, 0.05) is 6.54 Å². The molecule has 0 aliphatic rings. The molecule has 1 amide bonds. The summed E-state index contributed by atoms with van der Waals surface area (Å²) in [5, 5.41) is 11.3. The van der Waals surface area contributed by atoms with Crippen molar-refractivity contribution in [1.29, 1.82) is 0 Å². The van der Waals surface area contributed by atoms with E-state index in [0.717, 1.165) is 5.56 Å². The van der Waals surface area contributed by atoms with E-state index >= 15 is 0 Å². The summed E-state index contributed by atoms with van der Waals surface area (Å²) in [6.07, 6.45) is 2.42. The van der Waals surface area contributed by atoms with Crippen molar-refractivity contribution in [3.8, 4) is 0 Å². The zero-order valence-electron chi connectivity index (χ0n) is 13.4. The Balaban J connectivity index is 1.79. The van der Waals surface area contributed by atoms with E-state index in [-0.39, 0.29) is 25.1 Å². The average Bonchev–Trinajstić information content (AvgIpc) is 2.60. The van der Waals surface area contributed by atoms with Gasteiger partial charge in [0.1, 0.15) is 12.4 Å². The van der Waals surface area contributed by atoms with Crippen LogP contribution >= 0.6 is 0 Å². The van der Waals surface area contributed by atoms with Crippen molar-refractivity contribution in [3.63, 3.8) is 0 Å². The zero-order valence-corrected chi connectivity index (χ0v) is 13.4. The molecule has 0 radical (unpaired) electrons. The number of carbonyl (C=O) groups excluding carboxylic acids is 1. The van der Waals surface area contributed by atoms with Crippen LogP contribution in [0.5, 0.6) is 0 Å². The van der Waals surface area contributed by atoms with Crippen molar-refractivity contribution in [3.05, 3.63) is 77.1 Å². The molecule has 0 aliphatic carbocycles.